The van der Waals surface area contributed by atoms with Crippen LogP contribution in [0, 0.1) is 11.8 Å². The number of nitrogens with zero attached hydrogens (tertiary/aromatic N) is 2. The molecule has 2 aliphatic rings. The van der Waals surface area contributed by atoms with Crippen molar-refractivity contribution in [1.29, 1.82) is 0 Å². The molecule has 0 radical (unpaired) electrons. The molecule has 2 fully saturated rings. The first-order valence-corrected chi connectivity index (χ1v) is 15.2. The Morgan fingerprint density at radius 1 is 0.851 bits per heavy atom. The van der Waals surface area contributed by atoms with Crippen molar-refractivity contribution in [3.05, 3.63) is 69.8 Å². The van der Waals surface area contributed by atoms with Gasteiger partial charge in [0.05, 0.1) is 22.7 Å². The maximum Gasteiger partial charge on any atom is 0.416 e. The number of benzene rings is 2. The minimum absolute atomic E-state index is 0.0428. The first-order valence-electron chi connectivity index (χ1n) is 15.2. The van der Waals surface area contributed by atoms with E-state index >= 15 is 0 Å². The Kier molecular flexibility index (Phi) is 10.8. The number of hydrogen-bond acceptors (Lipinski definition) is 4. The molecule has 260 valence electrons. The van der Waals surface area contributed by atoms with E-state index in [2.05, 4.69) is 0 Å². The zero-order valence-electron chi connectivity index (χ0n) is 25.6. The van der Waals surface area contributed by atoms with Crippen LogP contribution in [0.4, 0.5) is 44.3 Å². The van der Waals surface area contributed by atoms with Crippen LogP contribution in [0.5, 0.6) is 0 Å². The van der Waals surface area contributed by atoms with Crippen LogP contribution in [0.25, 0.3) is 0 Å². The molecule has 1 amide bonds. The van der Waals surface area contributed by atoms with Crippen LogP contribution in [0.3, 0.4) is 0 Å². The molecule has 0 aromatic heterocycles. The lowest BCUT2D eigenvalue weighted by Crippen LogP contribution is -2.34. The summed E-state index contributed by atoms with van der Waals surface area (Å²) >= 11 is 0. The van der Waals surface area contributed by atoms with Gasteiger partial charge in [0.1, 0.15) is 6.10 Å². The van der Waals surface area contributed by atoms with Crippen molar-refractivity contribution < 1.29 is 58.9 Å². The summed E-state index contributed by atoms with van der Waals surface area (Å²) in [7, 11) is 0. The molecule has 1 aliphatic heterocycles. The van der Waals surface area contributed by atoms with Crippen molar-refractivity contribution in [3.8, 4) is 0 Å². The van der Waals surface area contributed by atoms with Gasteiger partial charge in [-0.1, -0.05) is 13.0 Å². The van der Waals surface area contributed by atoms with E-state index in [0.29, 0.717) is 30.8 Å². The first-order chi connectivity index (χ1) is 21.8. The number of carbonyl (C=O) groups is 2. The number of halogens is 9. The van der Waals surface area contributed by atoms with Gasteiger partial charge in [-0.15, -0.1) is 0 Å². The summed E-state index contributed by atoms with van der Waals surface area (Å²) in [6.45, 7) is 4.15. The third kappa shape index (κ3) is 9.11. The molecule has 0 spiro atoms. The molecular weight excluding hydrogens is 647 g/mol. The summed E-state index contributed by atoms with van der Waals surface area (Å²) < 4.78 is 127. The highest BCUT2D eigenvalue weighted by Gasteiger charge is 2.44. The summed E-state index contributed by atoms with van der Waals surface area (Å²) in [5, 5.41) is 9.07. The molecule has 2 atom stereocenters. The number of hydrogen-bond donors (Lipinski definition) is 1. The van der Waals surface area contributed by atoms with Crippen molar-refractivity contribution in [2.45, 2.75) is 89.7 Å². The second-order valence-corrected chi connectivity index (χ2v) is 12.3. The van der Waals surface area contributed by atoms with Gasteiger partial charge in [0.2, 0.25) is 0 Å². The maximum absolute atomic E-state index is 13.7. The standard InChI is InChI=1S/C32H35F9N2O4/c1-3-42(15-20-6-4-19(5-7-20)10-27(44)45)16-21-8-9-24(30(33,34)35)13-23(21)17-43-18(2)28(47-29(43)46)22-11-25(31(36,37)38)14-26(12-22)32(39,40)41/h8-9,11-14,18-20,28H,3-7,10,15-17H2,1-2H3,(H,44,45)/t18-,19-,20-,28-/m0/s1. The highest BCUT2D eigenvalue weighted by Crippen LogP contribution is 2.42. The molecule has 0 bridgehead atoms. The smallest absolute Gasteiger partial charge is 0.416 e. The predicted molar refractivity (Wildman–Crippen MR) is 151 cm³/mol. The van der Waals surface area contributed by atoms with Gasteiger partial charge in [-0.25, -0.2) is 4.79 Å². The first kappa shape index (κ1) is 36.3. The Morgan fingerprint density at radius 2 is 1.40 bits per heavy atom. The second-order valence-electron chi connectivity index (χ2n) is 12.3. The summed E-state index contributed by atoms with van der Waals surface area (Å²) in [4.78, 5) is 27.0. The van der Waals surface area contributed by atoms with Gasteiger partial charge in [-0.3, -0.25) is 14.6 Å². The molecule has 1 N–H and O–H groups in total. The van der Waals surface area contributed by atoms with Crippen molar-refractivity contribution in [2.24, 2.45) is 11.8 Å². The van der Waals surface area contributed by atoms with Gasteiger partial charge < -0.3 is 9.84 Å². The van der Waals surface area contributed by atoms with Gasteiger partial charge in [-0.05, 0) is 98.0 Å². The molecule has 47 heavy (non-hydrogen) atoms. The van der Waals surface area contributed by atoms with E-state index in [4.69, 9.17) is 9.84 Å². The number of amides is 1. The summed E-state index contributed by atoms with van der Waals surface area (Å²) in [5.41, 5.74) is -4.14. The Balaban J connectivity index is 1.58. The molecule has 1 saturated heterocycles. The van der Waals surface area contributed by atoms with Gasteiger partial charge in [0, 0.05) is 26.1 Å². The van der Waals surface area contributed by atoms with Crippen LogP contribution < -0.4 is 0 Å². The van der Waals surface area contributed by atoms with Gasteiger partial charge in [0.15, 0.2) is 0 Å². The Labute approximate surface area is 265 Å². The van der Waals surface area contributed by atoms with E-state index in [-0.39, 0.29) is 36.4 Å². The number of carboxylic acids is 1. The molecule has 15 heteroatoms. The Morgan fingerprint density at radius 3 is 1.91 bits per heavy atom. The quantitative estimate of drug-likeness (QED) is 0.254. The molecule has 1 saturated carbocycles. The lowest BCUT2D eigenvalue weighted by Gasteiger charge is -2.32. The van der Waals surface area contributed by atoms with Crippen molar-refractivity contribution in [2.75, 3.05) is 13.1 Å². The largest absolute Gasteiger partial charge is 0.481 e. The van der Waals surface area contributed by atoms with Crippen LogP contribution in [0.15, 0.2) is 36.4 Å². The topological polar surface area (TPSA) is 70.1 Å². The van der Waals surface area contributed by atoms with E-state index in [1.54, 1.807) is 0 Å². The van der Waals surface area contributed by atoms with Crippen molar-refractivity contribution >= 4 is 12.1 Å². The van der Waals surface area contributed by atoms with E-state index in [1.165, 1.54) is 13.0 Å². The van der Waals surface area contributed by atoms with Crippen LogP contribution in [-0.4, -0.2) is 46.1 Å². The fraction of sp³-hybridized carbons (Fsp3) is 0.562. The average Bonchev–Trinajstić information content (AvgIpc) is 3.25. The summed E-state index contributed by atoms with van der Waals surface area (Å²) in [5.74, 6) is -0.495. The number of rotatable bonds is 10. The molecule has 1 heterocycles. The Bertz CT molecular complexity index is 1400. The van der Waals surface area contributed by atoms with E-state index < -0.39 is 71.5 Å². The maximum atomic E-state index is 13.7. The Hall–Kier alpha value is -3.49. The van der Waals surface area contributed by atoms with Crippen LogP contribution in [-0.2, 0) is 41.1 Å². The molecule has 4 rings (SSSR count). The molecule has 2 aromatic rings. The van der Waals surface area contributed by atoms with Crippen LogP contribution in [0.1, 0.15) is 85.4 Å². The SMILES string of the molecule is CCN(Cc1ccc(C(F)(F)F)cc1CN1C(=O)O[C@H](c2cc(C(F)(F)F)cc(C(F)(F)F)c2)[C@@H]1C)C[C@H]1CC[C@H](CC(=O)O)CC1. The van der Waals surface area contributed by atoms with Crippen molar-refractivity contribution in [3.63, 3.8) is 0 Å². The fourth-order valence-electron chi connectivity index (χ4n) is 6.37. The third-order valence-electron chi connectivity index (χ3n) is 8.99. The normalized spacial score (nSPS) is 22.6. The fourth-order valence-corrected chi connectivity index (χ4v) is 6.37. The van der Waals surface area contributed by atoms with Gasteiger partial charge >= 0.3 is 30.6 Å². The minimum atomic E-state index is -5.13. The summed E-state index contributed by atoms with van der Waals surface area (Å²) in [6, 6.07) is 2.88. The average molecular weight is 683 g/mol. The van der Waals surface area contributed by atoms with Crippen molar-refractivity contribution in [1.82, 2.24) is 9.80 Å². The monoisotopic (exact) mass is 682 g/mol. The number of carbonyl (C=O) groups excluding carboxylic acids is 1. The van der Waals surface area contributed by atoms with E-state index in [0.717, 1.165) is 42.7 Å². The predicted octanol–water partition coefficient (Wildman–Crippen LogP) is 8.93. The number of carboxylic acid groups (broad SMARTS) is 1. The summed E-state index contributed by atoms with van der Waals surface area (Å²) in [6.07, 6.45) is -14.4. The van der Waals surface area contributed by atoms with Gasteiger partial charge in [-0.2, -0.15) is 39.5 Å². The van der Waals surface area contributed by atoms with Gasteiger partial charge in [0.25, 0.3) is 0 Å². The van der Waals surface area contributed by atoms with E-state index in [1.807, 2.05) is 11.8 Å². The molecule has 6 nitrogen and oxygen atoms in total. The highest BCUT2D eigenvalue weighted by atomic mass is 19.4. The third-order valence-corrected chi connectivity index (χ3v) is 8.99. The lowest BCUT2D eigenvalue weighted by atomic mass is 9.80. The number of alkyl halides is 9. The van der Waals surface area contributed by atoms with Crippen LogP contribution in [0.2, 0.25) is 0 Å². The highest BCUT2D eigenvalue weighted by molar-refractivity contribution is 5.71. The zero-order valence-corrected chi connectivity index (χ0v) is 25.6. The van der Waals surface area contributed by atoms with E-state index in [9.17, 15) is 49.1 Å². The minimum Gasteiger partial charge on any atom is -0.481 e. The number of cyclic esters (lactones) is 1. The molecule has 1 aliphatic carbocycles. The molecular formula is C32H35F9N2O4. The number of aliphatic carboxylic acids is 1. The second kappa shape index (κ2) is 13.9. The zero-order chi connectivity index (χ0) is 34.9. The lowest BCUT2D eigenvalue weighted by molar-refractivity contribution is -0.143. The number of ether oxygens (including phenoxy) is 1. The molecule has 0 unspecified atom stereocenters. The molecule has 2 aromatic carbocycles. The van der Waals surface area contributed by atoms with Crippen LogP contribution >= 0.6 is 0 Å².